The SMILES string of the molecule is CCOC(=O)CN1C[C@H]2CC[C@@H](C1)N2CC(=O)OC(C)(C)C. The fourth-order valence-electron chi connectivity index (χ4n) is 3.38. The molecule has 2 saturated heterocycles. The van der Waals surface area contributed by atoms with Crippen LogP contribution in [0.3, 0.4) is 0 Å². The molecule has 0 aromatic rings. The van der Waals surface area contributed by atoms with Crippen molar-refractivity contribution in [2.24, 2.45) is 0 Å². The Bertz CT molecular complexity index is 405. The minimum atomic E-state index is -0.443. The lowest BCUT2D eigenvalue weighted by Crippen LogP contribution is -2.56. The van der Waals surface area contributed by atoms with Gasteiger partial charge in [-0.1, -0.05) is 0 Å². The van der Waals surface area contributed by atoms with Crippen molar-refractivity contribution in [3.05, 3.63) is 0 Å². The van der Waals surface area contributed by atoms with Crippen LogP contribution in [0.1, 0.15) is 40.5 Å². The Balaban J connectivity index is 1.85. The summed E-state index contributed by atoms with van der Waals surface area (Å²) in [5.41, 5.74) is -0.443. The lowest BCUT2D eigenvalue weighted by atomic mass is 10.1. The first-order valence-electron chi connectivity index (χ1n) is 8.14. The predicted octanol–water partition coefficient (Wildman–Crippen LogP) is 1.04. The van der Waals surface area contributed by atoms with Crippen molar-refractivity contribution in [3.63, 3.8) is 0 Å². The molecule has 0 radical (unpaired) electrons. The molecule has 2 aliphatic heterocycles. The number of piperazine rings is 1. The Labute approximate surface area is 132 Å². The van der Waals surface area contributed by atoms with E-state index in [9.17, 15) is 9.59 Å². The molecule has 22 heavy (non-hydrogen) atoms. The highest BCUT2D eigenvalue weighted by Crippen LogP contribution is 2.30. The molecule has 0 spiro atoms. The van der Waals surface area contributed by atoms with Gasteiger partial charge in [0.2, 0.25) is 0 Å². The standard InChI is InChI=1S/C16H28N2O4/c1-5-21-14(19)10-17-8-12-6-7-13(9-17)18(12)11-15(20)22-16(2,3)4/h12-13H,5-11H2,1-4H3/t12-,13+. The minimum absolute atomic E-state index is 0.164. The van der Waals surface area contributed by atoms with Crippen molar-refractivity contribution in [2.45, 2.75) is 58.2 Å². The Kier molecular flexibility index (Phi) is 5.45. The smallest absolute Gasteiger partial charge is 0.320 e. The third-order valence-electron chi connectivity index (χ3n) is 4.10. The van der Waals surface area contributed by atoms with Crippen molar-refractivity contribution in [1.29, 1.82) is 0 Å². The largest absolute Gasteiger partial charge is 0.465 e. The highest BCUT2D eigenvalue weighted by atomic mass is 16.6. The van der Waals surface area contributed by atoms with Crippen LogP contribution in [0.5, 0.6) is 0 Å². The van der Waals surface area contributed by atoms with Gasteiger partial charge in [0, 0.05) is 25.2 Å². The van der Waals surface area contributed by atoms with Gasteiger partial charge in [-0.25, -0.2) is 0 Å². The number of carbonyl (C=O) groups is 2. The van der Waals surface area contributed by atoms with Crippen LogP contribution in [0.4, 0.5) is 0 Å². The maximum absolute atomic E-state index is 12.0. The molecule has 0 saturated carbocycles. The lowest BCUT2D eigenvalue weighted by Gasteiger charge is -2.40. The van der Waals surface area contributed by atoms with E-state index < -0.39 is 5.60 Å². The quantitative estimate of drug-likeness (QED) is 0.707. The first-order valence-corrected chi connectivity index (χ1v) is 8.14. The van der Waals surface area contributed by atoms with Gasteiger partial charge < -0.3 is 9.47 Å². The Hall–Kier alpha value is -1.14. The molecular formula is C16H28N2O4. The monoisotopic (exact) mass is 312 g/mol. The summed E-state index contributed by atoms with van der Waals surface area (Å²) in [6.07, 6.45) is 2.15. The number of hydrogen-bond donors (Lipinski definition) is 0. The van der Waals surface area contributed by atoms with Crippen LogP contribution in [0, 0.1) is 0 Å². The van der Waals surface area contributed by atoms with Crippen LogP contribution in [-0.4, -0.2) is 72.2 Å². The average Bonchev–Trinajstić information content (AvgIpc) is 2.60. The van der Waals surface area contributed by atoms with Gasteiger partial charge >= 0.3 is 11.9 Å². The van der Waals surface area contributed by atoms with Crippen LogP contribution in [0.25, 0.3) is 0 Å². The molecule has 2 atom stereocenters. The highest BCUT2D eigenvalue weighted by molar-refractivity contribution is 5.72. The molecule has 0 N–H and O–H groups in total. The number of ether oxygens (including phenoxy) is 2. The van der Waals surface area contributed by atoms with Crippen molar-refractivity contribution < 1.29 is 19.1 Å². The fourth-order valence-corrected chi connectivity index (χ4v) is 3.38. The highest BCUT2D eigenvalue weighted by Gasteiger charge is 2.41. The molecule has 0 amide bonds. The van der Waals surface area contributed by atoms with Gasteiger partial charge in [0.1, 0.15) is 5.60 Å². The van der Waals surface area contributed by atoms with E-state index in [1.54, 1.807) is 0 Å². The maximum atomic E-state index is 12.0. The summed E-state index contributed by atoms with van der Waals surface area (Å²) in [6, 6.07) is 0.668. The Morgan fingerprint density at radius 1 is 1.05 bits per heavy atom. The summed E-state index contributed by atoms with van der Waals surface area (Å²) < 4.78 is 10.4. The number of carbonyl (C=O) groups excluding carboxylic acids is 2. The van der Waals surface area contributed by atoms with Gasteiger partial charge in [-0.15, -0.1) is 0 Å². The molecule has 2 fully saturated rings. The molecule has 0 aromatic heterocycles. The summed E-state index contributed by atoms with van der Waals surface area (Å²) >= 11 is 0. The number of hydrogen-bond acceptors (Lipinski definition) is 6. The Morgan fingerprint density at radius 3 is 2.14 bits per heavy atom. The molecule has 2 rings (SSSR count). The number of likely N-dealkylation sites (tertiary alicyclic amines) is 1. The summed E-state index contributed by atoms with van der Waals surface area (Å²) in [7, 11) is 0. The zero-order valence-corrected chi connectivity index (χ0v) is 14.1. The first kappa shape index (κ1) is 17.2. The van der Waals surface area contributed by atoms with E-state index in [1.165, 1.54) is 0 Å². The maximum Gasteiger partial charge on any atom is 0.320 e. The molecular weight excluding hydrogens is 284 g/mol. The second kappa shape index (κ2) is 6.96. The van der Waals surface area contributed by atoms with Crippen molar-refractivity contribution in [3.8, 4) is 0 Å². The van der Waals surface area contributed by atoms with Crippen LogP contribution < -0.4 is 0 Å². The van der Waals surface area contributed by atoms with Crippen LogP contribution in [-0.2, 0) is 19.1 Å². The molecule has 0 aromatic carbocycles. The summed E-state index contributed by atoms with van der Waals surface area (Å²) in [6.45, 7) is 10.2. The minimum Gasteiger partial charge on any atom is -0.465 e. The van der Waals surface area contributed by atoms with E-state index in [2.05, 4.69) is 9.80 Å². The molecule has 6 nitrogen and oxygen atoms in total. The number of esters is 2. The third kappa shape index (κ3) is 4.68. The van der Waals surface area contributed by atoms with Gasteiger partial charge in [-0.05, 0) is 40.5 Å². The summed E-state index contributed by atoms with van der Waals surface area (Å²) in [5.74, 6) is -0.328. The van der Waals surface area contributed by atoms with Crippen molar-refractivity contribution in [2.75, 3.05) is 32.8 Å². The number of fused-ring (bicyclic) bond motifs is 2. The van der Waals surface area contributed by atoms with Gasteiger partial charge in [0.05, 0.1) is 19.7 Å². The van der Waals surface area contributed by atoms with E-state index in [1.807, 2.05) is 27.7 Å². The Morgan fingerprint density at radius 2 is 1.64 bits per heavy atom. The van der Waals surface area contributed by atoms with E-state index in [-0.39, 0.29) is 11.9 Å². The zero-order valence-electron chi connectivity index (χ0n) is 14.1. The van der Waals surface area contributed by atoms with E-state index in [0.717, 1.165) is 25.9 Å². The van der Waals surface area contributed by atoms with Crippen LogP contribution in [0.2, 0.25) is 0 Å². The van der Waals surface area contributed by atoms with Gasteiger partial charge in [-0.2, -0.15) is 0 Å². The summed E-state index contributed by atoms with van der Waals surface area (Å²) in [5, 5.41) is 0. The number of nitrogens with zero attached hydrogens (tertiary/aromatic N) is 2. The van der Waals surface area contributed by atoms with Crippen molar-refractivity contribution >= 4 is 11.9 Å². The first-order chi connectivity index (χ1) is 10.3. The molecule has 2 aliphatic rings. The summed E-state index contributed by atoms with van der Waals surface area (Å²) in [4.78, 5) is 28.0. The van der Waals surface area contributed by atoms with Crippen LogP contribution in [0.15, 0.2) is 0 Å². The molecule has 0 unspecified atom stereocenters. The average molecular weight is 312 g/mol. The van der Waals surface area contributed by atoms with Gasteiger partial charge in [0.25, 0.3) is 0 Å². The molecule has 6 heteroatoms. The predicted molar refractivity (Wildman–Crippen MR) is 82.4 cm³/mol. The van der Waals surface area contributed by atoms with Gasteiger partial charge in [0.15, 0.2) is 0 Å². The third-order valence-corrected chi connectivity index (χ3v) is 4.10. The van der Waals surface area contributed by atoms with E-state index in [0.29, 0.717) is 31.8 Å². The normalized spacial score (nSPS) is 26.0. The molecule has 2 heterocycles. The van der Waals surface area contributed by atoms with Crippen LogP contribution >= 0.6 is 0 Å². The number of rotatable bonds is 5. The van der Waals surface area contributed by atoms with E-state index >= 15 is 0 Å². The lowest BCUT2D eigenvalue weighted by molar-refractivity contribution is -0.158. The van der Waals surface area contributed by atoms with Gasteiger partial charge in [-0.3, -0.25) is 19.4 Å². The molecule has 2 bridgehead atoms. The second-order valence-electron chi connectivity index (χ2n) is 7.14. The van der Waals surface area contributed by atoms with Crippen molar-refractivity contribution in [1.82, 2.24) is 9.80 Å². The zero-order chi connectivity index (χ0) is 16.3. The topological polar surface area (TPSA) is 59.1 Å². The fraction of sp³-hybridized carbons (Fsp3) is 0.875. The molecule has 126 valence electrons. The van der Waals surface area contributed by atoms with E-state index in [4.69, 9.17) is 9.47 Å². The molecule has 0 aliphatic carbocycles. The second-order valence-corrected chi connectivity index (χ2v) is 7.14.